The van der Waals surface area contributed by atoms with Crippen LogP contribution in [0.15, 0.2) is 108 Å². The van der Waals surface area contributed by atoms with Crippen molar-refractivity contribution in [1.82, 2.24) is 9.71 Å². The van der Waals surface area contributed by atoms with Gasteiger partial charge in [0.05, 0.1) is 10.6 Å². The van der Waals surface area contributed by atoms with Gasteiger partial charge in [0.25, 0.3) is 5.91 Å². The Balaban J connectivity index is 1.43. The molecular weight excluding hydrogens is 448 g/mol. The topological polar surface area (TPSA) is 105 Å². The highest BCUT2D eigenvalue weighted by Crippen LogP contribution is 2.21. The van der Waals surface area contributed by atoms with Crippen molar-refractivity contribution in [2.75, 3.05) is 11.6 Å². The maximum atomic E-state index is 12.9. The Kier molecular flexibility index (Phi) is 7.12. The number of hydrogen-bond acceptors (Lipinski definition) is 5. The number of amides is 1. The van der Waals surface area contributed by atoms with E-state index in [1.807, 2.05) is 30.3 Å². The summed E-state index contributed by atoms with van der Waals surface area (Å²) in [6.45, 7) is 0.132. The van der Waals surface area contributed by atoms with E-state index in [1.54, 1.807) is 73.1 Å². The largest absolute Gasteiger partial charge is 0.272 e. The van der Waals surface area contributed by atoms with E-state index in [0.29, 0.717) is 23.2 Å². The third-order valence-corrected chi connectivity index (χ3v) is 6.84. The minimum absolute atomic E-state index is 0.132. The summed E-state index contributed by atoms with van der Waals surface area (Å²) in [5, 5.41) is 1.05. The summed E-state index contributed by atoms with van der Waals surface area (Å²) in [5.74, 6) is 5.62. The summed E-state index contributed by atoms with van der Waals surface area (Å²) in [4.78, 5) is 17.0. The van der Waals surface area contributed by atoms with Crippen LogP contribution in [0.2, 0.25) is 0 Å². The summed E-state index contributed by atoms with van der Waals surface area (Å²) >= 11 is 0. The van der Waals surface area contributed by atoms with Crippen LogP contribution in [-0.4, -0.2) is 25.9 Å². The lowest BCUT2D eigenvalue weighted by Gasteiger charge is -2.18. The third-order valence-electron chi connectivity index (χ3n) is 5.37. The molecule has 0 unspecified atom stereocenters. The molecule has 4 rings (SSSR count). The van der Waals surface area contributed by atoms with Crippen molar-refractivity contribution in [1.29, 1.82) is 0 Å². The van der Waals surface area contributed by atoms with E-state index >= 15 is 0 Å². The first-order valence-corrected chi connectivity index (χ1v) is 12.2. The average Bonchev–Trinajstić information content (AvgIpc) is 2.89. The van der Waals surface area contributed by atoms with Crippen molar-refractivity contribution < 1.29 is 13.2 Å². The van der Waals surface area contributed by atoms with Crippen molar-refractivity contribution in [3.05, 3.63) is 115 Å². The van der Waals surface area contributed by atoms with Crippen LogP contribution in [-0.2, 0) is 16.4 Å². The third kappa shape index (κ3) is 5.37. The van der Waals surface area contributed by atoms with Crippen molar-refractivity contribution >= 4 is 21.6 Å². The Hall–Kier alpha value is -3.85. The summed E-state index contributed by atoms with van der Waals surface area (Å²) in [7, 11) is -3.70. The van der Waals surface area contributed by atoms with Crippen LogP contribution >= 0.6 is 0 Å². The molecule has 1 amide bonds. The van der Waals surface area contributed by atoms with Gasteiger partial charge in [-0.2, -0.15) is 0 Å². The lowest BCUT2D eigenvalue weighted by Crippen LogP contribution is -2.38. The normalized spacial score (nSPS) is 11.2. The molecule has 4 aromatic rings. The van der Waals surface area contributed by atoms with E-state index in [0.717, 1.165) is 16.1 Å². The molecule has 1 aromatic heterocycles. The fourth-order valence-electron chi connectivity index (χ4n) is 3.56. The molecular formula is C26H24N4O3S. The summed E-state index contributed by atoms with van der Waals surface area (Å²) in [6, 6.07) is 26.8. The van der Waals surface area contributed by atoms with E-state index in [2.05, 4.69) is 9.71 Å². The zero-order valence-electron chi connectivity index (χ0n) is 18.3. The number of anilines is 1. The summed E-state index contributed by atoms with van der Waals surface area (Å²) in [5.41, 5.74) is 3.57. The number of hydrazine groups is 1. The second-order valence-corrected chi connectivity index (χ2v) is 9.34. The van der Waals surface area contributed by atoms with Crippen LogP contribution < -0.4 is 15.6 Å². The number of carbonyl (C=O) groups is 1. The molecule has 0 radical (unpaired) electrons. The van der Waals surface area contributed by atoms with Gasteiger partial charge in [-0.05, 0) is 53.4 Å². The molecule has 1 heterocycles. The van der Waals surface area contributed by atoms with Crippen molar-refractivity contribution in [3.8, 4) is 11.1 Å². The molecule has 0 aliphatic rings. The first kappa shape index (κ1) is 23.3. The van der Waals surface area contributed by atoms with Crippen molar-refractivity contribution in [2.24, 2.45) is 5.84 Å². The van der Waals surface area contributed by atoms with Crippen LogP contribution in [0.1, 0.15) is 15.9 Å². The molecule has 7 nitrogen and oxygen atoms in total. The van der Waals surface area contributed by atoms with Gasteiger partial charge in [-0.1, -0.05) is 60.7 Å². The SMILES string of the molecule is NN(C(=O)c1ccccc1CCNS(=O)(=O)c1ccc(-c2ccccc2)cc1)c1ccncc1. The smallest absolute Gasteiger partial charge is 0.267 e. The van der Waals surface area contributed by atoms with E-state index in [9.17, 15) is 13.2 Å². The molecule has 0 saturated carbocycles. The molecule has 0 aliphatic carbocycles. The number of rotatable bonds is 8. The number of sulfonamides is 1. The fraction of sp³-hybridized carbons (Fsp3) is 0.0769. The standard InChI is InChI=1S/C26H24N4O3S/c27-30(23-15-17-28-18-16-23)26(31)25-9-5-4-8-22(25)14-19-29-34(32,33)24-12-10-21(11-13-24)20-6-2-1-3-7-20/h1-13,15-18,29H,14,19,27H2. The van der Waals surface area contributed by atoms with Gasteiger partial charge in [0, 0.05) is 24.5 Å². The lowest BCUT2D eigenvalue weighted by atomic mass is 10.0. The second-order valence-electron chi connectivity index (χ2n) is 7.58. The number of nitrogens with one attached hydrogen (secondary N) is 1. The molecule has 0 bridgehead atoms. The minimum atomic E-state index is -3.70. The van der Waals surface area contributed by atoms with Gasteiger partial charge >= 0.3 is 0 Å². The van der Waals surface area contributed by atoms with Gasteiger partial charge < -0.3 is 0 Å². The first-order chi connectivity index (χ1) is 16.5. The molecule has 0 fully saturated rings. The Bertz CT molecular complexity index is 1360. The maximum absolute atomic E-state index is 12.9. The van der Waals surface area contributed by atoms with Crippen LogP contribution in [0.25, 0.3) is 11.1 Å². The fourth-order valence-corrected chi connectivity index (χ4v) is 4.59. The average molecular weight is 473 g/mol. The Morgan fingerprint density at radius 3 is 2.15 bits per heavy atom. The molecule has 3 N–H and O–H groups in total. The van der Waals surface area contributed by atoms with Crippen LogP contribution in [0.5, 0.6) is 0 Å². The molecule has 0 atom stereocenters. The van der Waals surface area contributed by atoms with E-state index in [1.165, 1.54) is 0 Å². The summed E-state index contributed by atoms with van der Waals surface area (Å²) in [6.07, 6.45) is 3.43. The molecule has 172 valence electrons. The molecule has 0 spiro atoms. The van der Waals surface area contributed by atoms with Crippen molar-refractivity contribution in [3.63, 3.8) is 0 Å². The molecule has 8 heteroatoms. The zero-order chi connectivity index (χ0) is 24.0. The Morgan fingerprint density at radius 2 is 1.44 bits per heavy atom. The number of carbonyl (C=O) groups excluding carboxylic acids is 1. The highest BCUT2D eigenvalue weighted by atomic mass is 32.2. The van der Waals surface area contributed by atoms with Gasteiger partial charge in [0.1, 0.15) is 0 Å². The number of nitrogens with two attached hydrogens (primary N) is 1. The van der Waals surface area contributed by atoms with E-state index in [4.69, 9.17) is 5.84 Å². The number of nitrogens with zero attached hydrogens (tertiary/aromatic N) is 2. The van der Waals surface area contributed by atoms with Gasteiger partial charge in [0.15, 0.2) is 0 Å². The number of aromatic nitrogens is 1. The van der Waals surface area contributed by atoms with Crippen LogP contribution in [0, 0.1) is 0 Å². The minimum Gasteiger partial charge on any atom is -0.267 e. The predicted molar refractivity (Wildman–Crippen MR) is 132 cm³/mol. The number of pyridine rings is 1. The highest BCUT2D eigenvalue weighted by molar-refractivity contribution is 7.89. The lowest BCUT2D eigenvalue weighted by molar-refractivity contribution is 0.0986. The predicted octanol–water partition coefficient (Wildman–Crippen LogP) is 3.79. The number of hydrogen-bond donors (Lipinski definition) is 2. The molecule has 0 saturated heterocycles. The molecule has 34 heavy (non-hydrogen) atoms. The van der Waals surface area contributed by atoms with Crippen molar-refractivity contribution in [2.45, 2.75) is 11.3 Å². The first-order valence-electron chi connectivity index (χ1n) is 10.7. The highest BCUT2D eigenvalue weighted by Gasteiger charge is 2.19. The second kappa shape index (κ2) is 10.4. The van der Waals surface area contributed by atoms with E-state index in [-0.39, 0.29) is 17.3 Å². The van der Waals surface area contributed by atoms with Gasteiger partial charge in [-0.3, -0.25) is 9.78 Å². The maximum Gasteiger partial charge on any atom is 0.272 e. The monoisotopic (exact) mass is 472 g/mol. The van der Waals surface area contributed by atoms with Gasteiger partial charge in [0.2, 0.25) is 10.0 Å². The zero-order valence-corrected chi connectivity index (χ0v) is 19.2. The van der Waals surface area contributed by atoms with E-state index < -0.39 is 10.0 Å². The van der Waals surface area contributed by atoms with Crippen LogP contribution in [0.4, 0.5) is 5.69 Å². The molecule has 3 aromatic carbocycles. The van der Waals surface area contributed by atoms with Crippen LogP contribution in [0.3, 0.4) is 0 Å². The Labute approximate surface area is 198 Å². The molecule has 0 aliphatic heterocycles. The summed E-state index contributed by atoms with van der Waals surface area (Å²) < 4.78 is 28.2. The van der Waals surface area contributed by atoms with Gasteiger partial charge in [-0.15, -0.1) is 0 Å². The number of benzene rings is 3. The quantitative estimate of drug-likeness (QED) is 0.231. The van der Waals surface area contributed by atoms with Gasteiger partial charge in [-0.25, -0.2) is 24.0 Å². The Morgan fingerprint density at radius 1 is 0.824 bits per heavy atom.